The zero-order valence-corrected chi connectivity index (χ0v) is 19.9. The Hall–Kier alpha value is -3.90. The first-order chi connectivity index (χ1) is 17.1. The summed E-state index contributed by atoms with van der Waals surface area (Å²) in [6, 6.07) is 5.32. The van der Waals surface area contributed by atoms with Gasteiger partial charge < -0.3 is 9.55 Å². The minimum absolute atomic E-state index is 0.0146. The molecule has 0 aliphatic rings. The van der Waals surface area contributed by atoms with Crippen LogP contribution in [0.25, 0.3) is 33.5 Å². The van der Waals surface area contributed by atoms with Crippen molar-refractivity contribution in [3.8, 4) is 22.6 Å². The molecule has 5 aromatic rings. The standard InChI is InChI=1S/C23H15ClF3N5O3S/c1-32-9-12(24)8-16(23(32)33)36(34,35)10-11-2-5-15(25)17(18(11)26)13-3-4-14-20(19(13)27)30-31-21(14)22-28-6-7-29-22/h2-9H,10H2,1H3,(H,28,29)(H,30,31). The van der Waals surface area contributed by atoms with Gasteiger partial charge in [0.2, 0.25) is 0 Å². The molecule has 2 aromatic carbocycles. The molecule has 0 unspecified atom stereocenters. The number of hydrogen-bond donors (Lipinski definition) is 2. The summed E-state index contributed by atoms with van der Waals surface area (Å²) in [5, 5.41) is 6.87. The highest BCUT2D eigenvalue weighted by Gasteiger charge is 2.27. The van der Waals surface area contributed by atoms with Crippen LogP contribution in [0.5, 0.6) is 0 Å². The number of fused-ring (bicyclic) bond motifs is 1. The van der Waals surface area contributed by atoms with Gasteiger partial charge in [0.15, 0.2) is 21.5 Å². The fourth-order valence-electron chi connectivity index (χ4n) is 3.92. The van der Waals surface area contributed by atoms with Crippen LogP contribution in [0.3, 0.4) is 0 Å². The summed E-state index contributed by atoms with van der Waals surface area (Å²) in [7, 11) is -3.08. The Morgan fingerprint density at radius 2 is 1.89 bits per heavy atom. The summed E-state index contributed by atoms with van der Waals surface area (Å²) in [6.07, 6.45) is 4.29. The van der Waals surface area contributed by atoms with Gasteiger partial charge in [-0.2, -0.15) is 5.10 Å². The summed E-state index contributed by atoms with van der Waals surface area (Å²) in [6.45, 7) is 0. The van der Waals surface area contributed by atoms with Crippen LogP contribution in [0.2, 0.25) is 5.02 Å². The average molecular weight is 534 g/mol. The Labute approximate surface area is 206 Å². The van der Waals surface area contributed by atoms with Crippen molar-refractivity contribution >= 4 is 32.3 Å². The minimum atomic E-state index is -4.39. The van der Waals surface area contributed by atoms with E-state index in [1.807, 2.05) is 0 Å². The maximum Gasteiger partial charge on any atom is 0.269 e. The van der Waals surface area contributed by atoms with Gasteiger partial charge in [-0.25, -0.2) is 26.6 Å². The second-order valence-electron chi connectivity index (χ2n) is 7.95. The molecule has 0 fully saturated rings. The molecule has 5 rings (SSSR count). The first kappa shape index (κ1) is 23.8. The number of nitrogens with zero attached hydrogens (tertiary/aromatic N) is 3. The molecule has 8 nitrogen and oxygen atoms in total. The van der Waals surface area contributed by atoms with Crippen LogP contribution in [0.15, 0.2) is 58.6 Å². The molecule has 0 bridgehead atoms. The number of benzene rings is 2. The van der Waals surface area contributed by atoms with E-state index in [4.69, 9.17) is 11.6 Å². The van der Waals surface area contributed by atoms with Gasteiger partial charge in [-0.1, -0.05) is 23.7 Å². The largest absolute Gasteiger partial charge is 0.343 e. The second kappa shape index (κ2) is 8.64. The smallest absolute Gasteiger partial charge is 0.269 e. The van der Waals surface area contributed by atoms with Crippen LogP contribution in [-0.2, 0) is 22.6 Å². The first-order valence-corrected chi connectivity index (χ1v) is 12.3. The van der Waals surface area contributed by atoms with Gasteiger partial charge in [-0.15, -0.1) is 0 Å². The molecule has 0 saturated carbocycles. The fourth-order valence-corrected chi connectivity index (χ4v) is 5.75. The number of aryl methyl sites for hydroxylation is 1. The zero-order chi connectivity index (χ0) is 25.8. The van der Waals surface area contributed by atoms with Crippen LogP contribution in [0.4, 0.5) is 13.2 Å². The van der Waals surface area contributed by atoms with E-state index < -0.39 is 60.2 Å². The lowest BCUT2D eigenvalue weighted by molar-refractivity contribution is 0.570. The van der Waals surface area contributed by atoms with E-state index >= 15 is 8.78 Å². The highest BCUT2D eigenvalue weighted by Crippen LogP contribution is 2.36. The highest BCUT2D eigenvalue weighted by molar-refractivity contribution is 7.90. The summed E-state index contributed by atoms with van der Waals surface area (Å²) in [5.74, 6) is -3.98. The highest BCUT2D eigenvalue weighted by atomic mass is 35.5. The van der Waals surface area contributed by atoms with Crippen LogP contribution in [0, 0.1) is 17.5 Å². The lowest BCUT2D eigenvalue weighted by atomic mass is 9.99. The summed E-state index contributed by atoms with van der Waals surface area (Å²) in [4.78, 5) is 18.6. The maximum atomic E-state index is 15.5. The number of halogens is 4. The van der Waals surface area contributed by atoms with Crippen molar-refractivity contribution < 1.29 is 21.6 Å². The van der Waals surface area contributed by atoms with Gasteiger partial charge in [0, 0.05) is 42.2 Å². The van der Waals surface area contributed by atoms with Crippen molar-refractivity contribution in [2.24, 2.45) is 7.05 Å². The zero-order valence-electron chi connectivity index (χ0n) is 18.3. The van der Waals surface area contributed by atoms with Crippen LogP contribution in [-0.4, -0.2) is 33.2 Å². The third-order valence-corrected chi connectivity index (χ3v) is 7.50. The molecule has 0 saturated heterocycles. The number of nitrogens with one attached hydrogen (secondary N) is 2. The third-order valence-electron chi connectivity index (χ3n) is 5.64. The quantitative estimate of drug-likeness (QED) is 0.348. The number of pyridine rings is 1. The Kier molecular flexibility index (Phi) is 5.72. The molecule has 0 aliphatic heterocycles. The van der Waals surface area contributed by atoms with Crippen molar-refractivity contribution in [2.45, 2.75) is 10.6 Å². The number of aromatic amines is 2. The van der Waals surface area contributed by atoms with Gasteiger partial charge in [0.1, 0.15) is 27.7 Å². The minimum Gasteiger partial charge on any atom is -0.343 e. The van der Waals surface area contributed by atoms with Crippen molar-refractivity contribution in [3.63, 3.8) is 0 Å². The molecule has 184 valence electrons. The number of aromatic nitrogens is 5. The molecular weight excluding hydrogens is 519 g/mol. The van der Waals surface area contributed by atoms with Gasteiger partial charge in [0.05, 0.1) is 16.3 Å². The number of imidazole rings is 1. The number of sulfone groups is 1. The number of hydrogen-bond acceptors (Lipinski definition) is 5. The molecule has 0 amide bonds. The van der Waals surface area contributed by atoms with Crippen molar-refractivity contribution in [1.82, 2.24) is 24.7 Å². The molecule has 13 heteroatoms. The molecular formula is C23H15ClF3N5O3S. The van der Waals surface area contributed by atoms with Crippen molar-refractivity contribution in [2.75, 3.05) is 0 Å². The summed E-state index contributed by atoms with van der Waals surface area (Å²) in [5.41, 5.74) is -2.32. The molecule has 3 aromatic heterocycles. The molecule has 3 heterocycles. The van der Waals surface area contributed by atoms with E-state index in [0.717, 1.165) is 22.8 Å². The van der Waals surface area contributed by atoms with Crippen LogP contribution in [0.1, 0.15) is 5.56 Å². The van der Waals surface area contributed by atoms with Crippen LogP contribution < -0.4 is 5.56 Å². The van der Waals surface area contributed by atoms with E-state index in [1.165, 1.54) is 31.6 Å². The van der Waals surface area contributed by atoms with E-state index in [9.17, 15) is 17.6 Å². The van der Waals surface area contributed by atoms with E-state index in [1.54, 1.807) is 6.20 Å². The van der Waals surface area contributed by atoms with Crippen LogP contribution >= 0.6 is 11.6 Å². The Bertz CT molecular complexity index is 1820. The normalized spacial score (nSPS) is 11.9. The van der Waals surface area contributed by atoms with E-state index in [2.05, 4.69) is 20.2 Å². The lowest BCUT2D eigenvalue weighted by Crippen LogP contribution is -2.24. The third kappa shape index (κ3) is 3.88. The summed E-state index contributed by atoms with van der Waals surface area (Å²) < 4.78 is 72.6. The predicted molar refractivity (Wildman–Crippen MR) is 127 cm³/mol. The average Bonchev–Trinajstić information content (AvgIpc) is 3.49. The predicted octanol–water partition coefficient (Wildman–Crippen LogP) is 4.36. The first-order valence-electron chi connectivity index (χ1n) is 10.3. The maximum absolute atomic E-state index is 15.5. The monoisotopic (exact) mass is 533 g/mol. The van der Waals surface area contributed by atoms with Gasteiger partial charge in [0.25, 0.3) is 5.56 Å². The fraction of sp³-hybridized carbons (Fsp3) is 0.0870. The lowest BCUT2D eigenvalue weighted by Gasteiger charge is -2.12. The van der Waals surface area contributed by atoms with Gasteiger partial charge in [-0.3, -0.25) is 9.89 Å². The topological polar surface area (TPSA) is 114 Å². The molecule has 2 N–H and O–H groups in total. The van der Waals surface area contributed by atoms with E-state index in [0.29, 0.717) is 16.9 Å². The molecule has 0 spiro atoms. The SMILES string of the molecule is Cn1cc(Cl)cc(S(=O)(=O)Cc2ccc(F)c(-c3ccc4c(-c5ncc[nH]5)[nH]nc4c3F)c2F)c1=O. The van der Waals surface area contributed by atoms with E-state index in [-0.39, 0.29) is 10.5 Å². The molecule has 36 heavy (non-hydrogen) atoms. The Morgan fingerprint density at radius 3 is 2.61 bits per heavy atom. The van der Waals surface area contributed by atoms with Gasteiger partial charge >= 0.3 is 0 Å². The summed E-state index contributed by atoms with van der Waals surface area (Å²) >= 11 is 5.88. The number of rotatable bonds is 5. The molecule has 0 atom stereocenters. The van der Waals surface area contributed by atoms with Crippen molar-refractivity contribution in [1.29, 1.82) is 0 Å². The van der Waals surface area contributed by atoms with Crippen molar-refractivity contribution in [3.05, 3.63) is 87.3 Å². The number of H-pyrrole nitrogens is 2. The molecule has 0 radical (unpaired) electrons. The van der Waals surface area contributed by atoms with Gasteiger partial charge in [-0.05, 0) is 18.2 Å². The Balaban J connectivity index is 1.61. The molecule has 0 aliphatic carbocycles. The Morgan fingerprint density at radius 1 is 1.11 bits per heavy atom. The second-order valence-corrected chi connectivity index (χ2v) is 10.3.